The van der Waals surface area contributed by atoms with E-state index < -0.39 is 0 Å². The van der Waals surface area contributed by atoms with Gasteiger partial charge < -0.3 is 15.5 Å². The molecule has 0 fully saturated rings. The molecular formula is C22H29N5S. The van der Waals surface area contributed by atoms with Crippen molar-refractivity contribution in [2.45, 2.75) is 26.8 Å². The van der Waals surface area contributed by atoms with Crippen molar-refractivity contribution in [1.82, 2.24) is 20.0 Å². The molecule has 2 aromatic carbocycles. The normalized spacial score (nSPS) is 11.1. The van der Waals surface area contributed by atoms with Gasteiger partial charge in [-0.15, -0.1) is 0 Å². The molecule has 0 saturated carbocycles. The van der Waals surface area contributed by atoms with Gasteiger partial charge in [-0.1, -0.05) is 56.3 Å². The van der Waals surface area contributed by atoms with E-state index in [1.165, 1.54) is 16.3 Å². The summed E-state index contributed by atoms with van der Waals surface area (Å²) in [5.74, 6) is 0. The molecule has 0 unspecified atom stereocenters. The number of thiocarbonyl (C=S) groups is 1. The van der Waals surface area contributed by atoms with Crippen LogP contribution in [0.25, 0.3) is 10.8 Å². The highest BCUT2D eigenvalue weighted by Crippen LogP contribution is 2.19. The first-order chi connectivity index (χ1) is 13.7. The van der Waals surface area contributed by atoms with Crippen LogP contribution in [-0.4, -0.2) is 46.0 Å². The molecule has 0 spiro atoms. The van der Waals surface area contributed by atoms with Gasteiger partial charge in [-0.3, -0.25) is 4.68 Å². The molecule has 5 nitrogen and oxygen atoms in total. The number of anilines is 1. The summed E-state index contributed by atoms with van der Waals surface area (Å²) in [5.41, 5.74) is 2.16. The van der Waals surface area contributed by atoms with Gasteiger partial charge in [0.2, 0.25) is 0 Å². The van der Waals surface area contributed by atoms with Crippen molar-refractivity contribution in [3.8, 4) is 0 Å². The second kappa shape index (κ2) is 10.2. The zero-order valence-corrected chi connectivity index (χ0v) is 17.5. The van der Waals surface area contributed by atoms with Crippen molar-refractivity contribution in [1.29, 1.82) is 0 Å². The van der Waals surface area contributed by atoms with Crippen molar-refractivity contribution in [2.75, 3.05) is 31.5 Å². The smallest absolute Gasteiger partial charge is 0.170 e. The Labute approximate surface area is 172 Å². The second-order valence-electron chi connectivity index (χ2n) is 6.83. The number of aromatic nitrogens is 2. The maximum absolute atomic E-state index is 5.40. The summed E-state index contributed by atoms with van der Waals surface area (Å²) in [7, 11) is 0. The van der Waals surface area contributed by atoms with E-state index in [-0.39, 0.29) is 0 Å². The van der Waals surface area contributed by atoms with Gasteiger partial charge in [-0.25, -0.2) is 0 Å². The van der Waals surface area contributed by atoms with Gasteiger partial charge in [0, 0.05) is 12.7 Å². The van der Waals surface area contributed by atoms with Gasteiger partial charge >= 0.3 is 0 Å². The van der Waals surface area contributed by atoms with Crippen LogP contribution in [0.15, 0.2) is 54.9 Å². The lowest BCUT2D eigenvalue weighted by atomic mass is 10.0. The lowest BCUT2D eigenvalue weighted by Crippen LogP contribution is -2.32. The molecule has 0 bridgehead atoms. The molecule has 28 heavy (non-hydrogen) atoms. The molecule has 0 aliphatic heterocycles. The topological polar surface area (TPSA) is 45.1 Å². The molecule has 1 aromatic heterocycles. The first-order valence-corrected chi connectivity index (χ1v) is 10.4. The molecule has 0 aliphatic carbocycles. The average molecular weight is 396 g/mol. The van der Waals surface area contributed by atoms with E-state index in [0.717, 1.165) is 44.8 Å². The zero-order valence-electron chi connectivity index (χ0n) is 16.7. The highest BCUT2D eigenvalue weighted by Gasteiger charge is 2.05. The van der Waals surface area contributed by atoms with Crippen molar-refractivity contribution in [3.05, 3.63) is 60.4 Å². The predicted molar refractivity (Wildman–Crippen MR) is 122 cm³/mol. The molecule has 0 atom stereocenters. The van der Waals surface area contributed by atoms with Crippen LogP contribution in [0.2, 0.25) is 0 Å². The molecule has 0 aliphatic rings. The van der Waals surface area contributed by atoms with Crippen LogP contribution in [0.5, 0.6) is 0 Å². The summed E-state index contributed by atoms with van der Waals surface area (Å²) in [6, 6.07) is 14.8. The number of fused-ring (bicyclic) bond motifs is 1. The fraction of sp³-hybridized carbons (Fsp3) is 0.364. The van der Waals surface area contributed by atoms with Gasteiger partial charge in [0.15, 0.2) is 5.11 Å². The summed E-state index contributed by atoms with van der Waals surface area (Å²) >= 11 is 5.40. The Kier molecular flexibility index (Phi) is 7.39. The maximum Gasteiger partial charge on any atom is 0.170 e. The number of hydrogen-bond donors (Lipinski definition) is 2. The number of benzene rings is 2. The van der Waals surface area contributed by atoms with E-state index in [4.69, 9.17) is 12.2 Å². The zero-order chi connectivity index (χ0) is 19.8. The largest absolute Gasteiger partial charge is 0.362 e. The van der Waals surface area contributed by atoms with Crippen LogP contribution in [0.4, 0.5) is 5.69 Å². The number of rotatable bonds is 9. The lowest BCUT2D eigenvalue weighted by Gasteiger charge is -2.18. The summed E-state index contributed by atoms with van der Waals surface area (Å²) in [4.78, 5) is 2.41. The Morgan fingerprint density at radius 3 is 2.71 bits per heavy atom. The van der Waals surface area contributed by atoms with Crippen molar-refractivity contribution in [3.63, 3.8) is 0 Å². The fourth-order valence-corrected chi connectivity index (χ4v) is 3.56. The standard InChI is InChI=1S/C22H29N5S/c1-3-26(4-2)14-8-13-23-22(28)25-20-15-24-27(17-20)16-19-11-7-10-18-9-5-6-12-21(18)19/h5-7,9-12,15,17H,3-4,8,13-14,16H2,1-2H3,(H2,23,25,28). The SMILES string of the molecule is CCN(CC)CCCNC(=S)Nc1cnn(Cc2cccc3ccccc23)c1. The first-order valence-electron chi connectivity index (χ1n) is 9.96. The Morgan fingerprint density at radius 2 is 1.89 bits per heavy atom. The molecule has 6 heteroatoms. The van der Waals surface area contributed by atoms with E-state index in [1.54, 1.807) is 0 Å². The third-order valence-electron chi connectivity index (χ3n) is 4.93. The molecule has 2 N–H and O–H groups in total. The second-order valence-corrected chi connectivity index (χ2v) is 7.23. The van der Waals surface area contributed by atoms with Gasteiger partial charge in [0.05, 0.1) is 18.4 Å². The Morgan fingerprint density at radius 1 is 1.11 bits per heavy atom. The van der Waals surface area contributed by atoms with E-state index in [2.05, 4.69) is 76.9 Å². The van der Waals surface area contributed by atoms with Crippen LogP contribution in [0, 0.1) is 0 Å². The predicted octanol–water partition coefficient (Wildman–Crippen LogP) is 4.10. The third-order valence-corrected chi connectivity index (χ3v) is 5.18. The summed E-state index contributed by atoms with van der Waals surface area (Å²) < 4.78 is 1.94. The fourth-order valence-electron chi connectivity index (χ4n) is 3.34. The highest BCUT2D eigenvalue weighted by atomic mass is 32.1. The summed E-state index contributed by atoms with van der Waals surface area (Å²) in [6.07, 6.45) is 4.88. The molecule has 1 heterocycles. The lowest BCUT2D eigenvalue weighted by molar-refractivity contribution is 0.300. The Bertz CT molecular complexity index is 895. The minimum absolute atomic E-state index is 0.643. The Hall–Kier alpha value is -2.44. The first kappa shape index (κ1) is 20.3. The van der Waals surface area contributed by atoms with Gasteiger partial charge in [0.25, 0.3) is 0 Å². The molecule has 0 radical (unpaired) electrons. The number of nitrogens with one attached hydrogen (secondary N) is 2. The monoisotopic (exact) mass is 395 g/mol. The molecule has 148 valence electrons. The van der Waals surface area contributed by atoms with Crippen molar-refractivity contribution < 1.29 is 0 Å². The highest BCUT2D eigenvalue weighted by molar-refractivity contribution is 7.80. The molecule has 3 rings (SSSR count). The van der Waals surface area contributed by atoms with Crippen molar-refractivity contribution >= 4 is 33.8 Å². The van der Waals surface area contributed by atoms with E-state index in [0.29, 0.717) is 5.11 Å². The van der Waals surface area contributed by atoms with Crippen LogP contribution in [-0.2, 0) is 6.54 Å². The molecule has 0 amide bonds. The van der Waals surface area contributed by atoms with Crippen LogP contribution < -0.4 is 10.6 Å². The molecule has 0 saturated heterocycles. The van der Waals surface area contributed by atoms with Gasteiger partial charge in [-0.05, 0) is 54.6 Å². The van der Waals surface area contributed by atoms with Gasteiger partial charge in [0.1, 0.15) is 0 Å². The van der Waals surface area contributed by atoms with Gasteiger partial charge in [-0.2, -0.15) is 5.10 Å². The maximum atomic E-state index is 5.40. The van der Waals surface area contributed by atoms with Crippen LogP contribution in [0.1, 0.15) is 25.8 Å². The third kappa shape index (κ3) is 5.53. The molecule has 3 aromatic rings. The number of nitrogens with zero attached hydrogens (tertiary/aromatic N) is 3. The summed E-state index contributed by atoms with van der Waals surface area (Å²) in [5, 5.41) is 14.1. The van der Waals surface area contributed by atoms with E-state index in [9.17, 15) is 0 Å². The van der Waals surface area contributed by atoms with Crippen LogP contribution in [0.3, 0.4) is 0 Å². The minimum Gasteiger partial charge on any atom is -0.362 e. The van der Waals surface area contributed by atoms with E-state index in [1.807, 2.05) is 17.1 Å². The quantitative estimate of drug-likeness (QED) is 0.422. The molecular weight excluding hydrogens is 366 g/mol. The van der Waals surface area contributed by atoms with Crippen molar-refractivity contribution in [2.24, 2.45) is 0 Å². The average Bonchev–Trinajstić information content (AvgIpc) is 3.15. The van der Waals surface area contributed by atoms with E-state index >= 15 is 0 Å². The Balaban J connectivity index is 1.51. The number of hydrogen-bond acceptors (Lipinski definition) is 3. The van der Waals surface area contributed by atoms with Crippen LogP contribution >= 0.6 is 12.2 Å². The minimum atomic E-state index is 0.643. The summed E-state index contributed by atoms with van der Waals surface area (Å²) in [6.45, 7) is 9.26.